The highest BCUT2D eigenvalue weighted by atomic mass is 16.5. The van der Waals surface area contributed by atoms with Crippen molar-refractivity contribution in [2.45, 2.75) is 26.2 Å². The van der Waals surface area contributed by atoms with E-state index in [9.17, 15) is 14.4 Å². The van der Waals surface area contributed by atoms with Crippen LogP contribution in [0.15, 0.2) is 54.6 Å². The van der Waals surface area contributed by atoms with E-state index < -0.39 is 0 Å². The maximum absolute atomic E-state index is 12.5. The first kappa shape index (κ1) is 23.3. The molecule has 3 amide bonds. The number of rotatable bonds is 9. The molecule has 0 saturated carbocycles. The molecular weight excluding hydrogens is 406 g/mol. The van der Waals surface area contributed by atoms with Gasteiger partial charge in [-0.15, -0.1) is 0 Å². The van der Waals surface area contributed by atoms with Gasteiger partial charge in [-0.05, 0) is 37.5 Å². The van der Waals surface area contributed by atoms with Gasteiger partial charge in [-0.1, -0.05) is 42.5 Å². The fourth-order valence-electron chi connectivity index (χ4n) is 3.75. The molecule has 0 atom stereocenters. The third kappa shape index (κ3) is 6.57. The van der Waals surface area contributed by atoms with Crippen LogP contribution in [0.1, 0.15) is 35.7 Å². The number of hydrogen-bond acceptors (Lipinski definition) is 4. The lowest BCUT2D eigenvalue weighted by Crippen LogP contribution is -2.52. The molecule has 3 rings (SSSR count). The fourth-order valence-corrected chi connectivity index (χ4v) is 3.75. The summed E-state index contributed by atoms with van der Waals surface area (Å²) >= 11 is 0. The number of ether oxygens (including phenoxy) is 1. The van der Waals surface area contributed by atoms with Gasteiger partial charge in [0, 0.05) is 32.6 Å². The Morgan fingerprint density at radius 3 is 2.19 bits per heavy atom. The van der Waals surface area contributed by atoms with E-state index in [-0.39, 0.29) is 24.3 Å². The largest absolute Gasteiger partial charge is 0.493 e. The highest BCUT2D eigenvalue weighted by molar-refractivity contribution is 5.98. The predicted molar refractivity (Wildman–Crippen MR) is 122 cm³/mol. The molecule has 7 heteroatoms. The maximum Gasteiger partial charge on any atom is 0.255 e. The number of benzene rings is 2. The summed E-state index contributed by atoms with van der Waals surface area (Å²) in [6.07, 6.45) is 2.21. The molecule has 0 bridgehead atoms. The van der Waals surface area contributed by atoms with E-state index in [0.29, 0.717) is 50.5 Å². The zero-order valence-corrected chi connectivity index (χ0v) is 18.6. The van der Waals surface area contributed by atoms with Gasteiger partial charge in [0.15, 0.2) is 0 Å². The van der Waals surface area contributed by atoms with Gasteiger partial charge in [-0.2, -0.15) is 0 Å². The molecule has 0 aliphatic carbocycles. The second-order valence-corrected chi connectivity index (χ2v) is 7.71. The Morgan fingerprint density at radius 2 is 1.50 bits per heavy atom. The molecule has 0 aromatic heterocycles. The van der Waals surface area contributed by atoms with Crippen molar-refractivity contribution in [2.24, 2.45) is 0 Å². The molecule has 170 valence electrons. The van der Waals surface area contributed by atoms with Crippen molar-refractivity contribution in [1.82, 2.24) is 15.1 Å². The summed E-state index contributed by atoms with van der Waals surface area (Å²) in [6.45, 7) is 4.24. The van der Waals surface area contributed by atoms with Crippen molar-refractivity contribution in [1.29, 1.82) is 0 Å². The number of para-hydroxylation sites is 1. The summed E-state index contributed by atoms with van der Waals surface area (Å²) in [4.78, 5) is 41.0. The first-order chi connectivity index (χ1) is 15.6. The van der Waals surface area contributed by atoms with Gasteiger partial charge >= 0.3 is 0 Å². The lowest BCUT2D eigenvalue weighted by molar-refractivity contribution is -0.139. The minimum atomic E-state index is -0.338. The number of hydrogen-bond donors (Lipinski definition) is 1. The zero-order valence-electron chi connectivity index (χ0n) is 18.6. The summed E-state index contributed by atoms with van der Waals surface area (Å²) in [5.74, 6) is 0.145. The normalized spacial score (nSPS) is 13.5. The van der Waals surface area contributed by atoms with Crippen molar-refractivity contribution < 1.29 is 19.1 Å². The number of carbonyl (C=O) groups is 3. The van der Waals surface area contributed by atoms with E-state index in [0.717, 1.165) is 12.8 Å². The summed E-state index contributed by atoms with van der Waals surface area (Å²) < 4.78 is 5.47. The van der Waals surface area contributed by atoms with Crippen molar-refractivity contribution in [3.05, 3.63) is 65.7 Å². The standard InChI is InChI=1S/C25H31N3O4/c1-2-32-22-13-7-6-12-21(22)25(31)26-19-24(30)28-17-15-27(16-18-28)23(29)14-8-11-20-9-4-3-5-10-20/h3-7,9-10,12-13H,2,8,11,14-19H2,1H3,(H,26,31). The van der Waals surface area contributed by atoms with Crippen molar-refractivity contribution in [3.8, 4) is 5.75 Å². The Morgan fingerprint density at radius 1 is 0.875 bits per heavy atom. The fraction of sp³-hybridized carbons (Fsp3) is 0.400. The van der Waals surface area contributed by atoms with E-state index in [4.69, 9.17) is 4.74 Å². The second-order valence-electron chi connectivity index (χ2n) is 7.71. The van der Waals surface area contributed by atoms with Gasteiger partial charge in [-0.25, -0.2) is 0 Å². The minimum Gasteiger partial charge on any atom is -0.493 e. The van der Waals surface area contributed by atoms with Crippen LogP contribution in [0.3, 0.4) is 0 Å². The van der Waals surface area contributed by atoms with Crippen LogP contribution in [0.2, 0.25) is 0 Å². The third-order valence-corrected chi connectivity index (χ3v) is 5.52. The zero-order chi connectivity index (χ0) is 22.8. The third-order valence-electron chi connectivity index (χ3n) is 5.52. The van der Waals surface area contributed by atoms with E-state index in [1.165, 1.54) is 5.56 Å². The average Bonchev–Trinajstić information content (AvgIpc) is 2.83. The van der Waals surface area contributed by atoms with Crippen LogP contribution in [-0.4, -0.2) is 66.9 Å². The lowest BCUT2D eigenvalue weighted by Gasteiger charge is -2.35. The van der Waals surface area contributed by atoms with E-state index in [2.05, 4.69) is 17.4 Å². The number of amides is 3. The molecule has 2 aromatic carbocycles. The Hall–Kier alpha value is -3.35. The summed E-state index contributed by atoms with van der Waals surface area (Å²) in [5.41, 5.74) is 1.65. The number of nitrogens with zero attached hydrogens (tertiary/aromatic N) is 2. The van der Waals surface area contributed by atoms with E-state index >= 15 is 0 Å². The quantitative estimate of drug-likeness (QED) is 0.654. The molecule has 0 radical (unpaired) electrons. The van der Waals surface area contributed by atoms with Crippen LogP contribution in [0.4, 0.5) is 0 Å². The number of carbonyl (C=O) groups excluding carboxylic acids is 3. The minimum absolute atomic E-state index is 0.0791. The highest BCUT2D eigenvalue weighted by Gasteiger charge is 2.24. The second kappa shape index (κ2) is 11.9. The van der Waals surface area contributed by atoms with Crippen molar-refractivity contribution in [3.63, 3.8) is 0 Å². The van der Waals surface area contributed by atoms with Gasteiger partial charge in [0.1, 0.15) is 5.75 Å². The molecule has 1 saturated heterocycles. The van der Waals surface area contributed by atoms with Gasteiger partial charge in [0.2, 0.25) is 11.8 Å². The SMILES string of the molecule is CCOc1ccccc1C(=O)NCC(=O)N1CCN(C(=O)CCCc2ccccc2)CC1. The van der Waals surface area contributed by atoms with Gasteiger partial charge in [0.05, 0.1) is 18.7 Å². The Kier molecular flexibility index (Phi) is 8.66. The Labute approximate surface area is 189 Å². The van der Waals surface area contributed by atoms with Crippen LogP contribution in [-0.2, 0) is 16.0 Å². The molecule has 2 aromatic rings. The summed E-state index contributed by atoms with van der Waals surface area (Å²) in [7, 11) is 0. The molecule has 1 aliphatic rings. The maximum atomic E-state index is 12.5. The van der Waals surface area contributed by atoms with Crippen LogP contribution in [0, 0.1) is 0 Å². The first-order valence-electron chi connectivity index (χ1n) is 11.2. The van der Waals surface area contributed by atoms with Crippen LogP contribution < -0.4 is 10.1 Å². The molecular formula is C25H31N3O4. The van der Waals surface area contributed by atoms with Crippen LogP contribution in [0.5, 0.6) is 5.75 Å². The molecule has 7 nitrogen and oxygen atoms in total. The number of piperazine rings is 1. The number of nitrogens with one attached hydrogen (secondary N) is 1. The smallest absolute Gasteiger partial charge is 0.255 e. The molecule has 1 heterocycles. The summed E-state index contributed by atoms with van der Waals surface area (Å²) in [6, 6.07) is 17.1. The molecule has 1 aliphatic heterocycles. The average molecular weight is 438 g/mol. The molecule has 1 fully saturated rings. The van der Waals surface area contributed by atoms with Crippen LogP contribution >= 0.6 is 0 Å². The molecule has 0 unspecified atom stereocenters. The van der Waals surface area contributed by atoms with E-state index in [1.54, 1.807) is 29.2 Å². The summed E-state index contributed by atoms with van der Waals surface area (Å²) in [5, 5.41) is 2.68. The monoisotopic (exact) mass is 437 g/mol. The van der Waals surface area contributed by atoms with Gasteiger partial charge < -0.3 is 19.9 Å². The first-order valence-corrected chi connectivity index (χ1v) is 11.2. The van der Waals surface area contributed by atoms with Crippen molar-refractivity contribution >= 4 is 17.7 Å². The van der Waals surface area contributed by atoms with Gasteiger partial charge in [0.25, 0.3) is 5.91 Å². The molecule has 1 N–H and O–H groups in total. The highest BCUT2D eigenvalue weighted by Crippen LogP contribution is 2.17. The number of aryl methyl sites for hydroxylation is 1. The Bertz CT molecular complexity index is 908. The lowest BCUT2D eigenvalue weighted by atomic mass is 10.1. The van der Waals surface area contributed by atoms with Gasteiger partial charge in [-0.3, -0.25) is 14.4 Å². The van der Waals surface area contributed by atoms with E-state index in [1.807, 2.05) is 30.0 Å². The van der Waals surface area contributed by atoms with Crippen LogP contribution in [0.25, 0.3) is 0 Å². The molecule has 0 spiro atoms. The van der Waals surface area contributed by atoms with Crippen molar-refractivity contribution in [2.75, 3.05) is 39.3 Å². The Balaban J connectivity index is 1.38. The predicted octanol–water partition coefficient (Wildman–Crippen LogP) is 2.51. The molecule has 32 heavy (non-hydrogen) atoms. The topological polar surface area (TPSA) is 79.0 Å².